The quantitative estimate of drug-likeness (QED) is 0.920. The van der Waals surface area contributed by atoms with Crippen LogP contribution in [-0.2, 0) is 4.79 Å². The highest BCUT2D eigenvalue weighted by molar-refractivity contribution is 5.87. The number of rotatable bonds is 2. The molecule has 0 spiro atoms. The van der Waals surface area contributed by atoms with Crippen LogP contribution in [0.1, 0.15) is 33.1 Å². The molecule has 1 saturated carbocycles. The monoisotopic (exact) mass is 327 g/mol. The van der Waals surface area contributed by atoms with Gasteiger partial charge in [-0.2, -0.15) is 0 Å². The Labute approximate surface area is 142 Å². The molecule has 2 fully saturated rings. The summed E-state index contributed by atoms with van der Waals surface area (Å²) in [5.41, 5.74) is 1.10. The Morgan fingerprint density at radius 3 is 3.08 bits per heavy atom. The van der Waals surface area contributed by atoms with E-state index in [2.05, 4.69) is 33.8 Å². The molecule has 1 saturated heterocycles. The third kappa shape index (κ3) is 2.36. The smallest absolute Gasteiger partial charge is 0.219 e. The summed E-state index contributed by atoms with van der Waals surface area (Å²) in [6.07, 6.45) is 6.94. The first kappa shape index (κ1) is 15.4. The van der Waals surface area contributed by atoms with Gasteiger partial charge < -0.3 is 14.8 Å². The van der Waals surface area contributed by atoms with Gasteiger partial charge in [0.1, 0.15) is 17.8 Å². The van der Waals surface area contributed by atoms with Crippen molar-refractivity contribution in [2.24, 2.45) is 11.3 Å². The largest absolute Gasteiger partial charge is 0.356 e. The van der Waals surface area contributed by atoms with E-state index in [0.29, 0.717) is 12.0 Å². The topological polar surface area (TPSA) is 65.1 Å². The van der Waals surface area contributed by atoms with E-state index in [0.717, 1.165) is 42.8 Å². The third-order valence-electron chi connectivity index (χ3n) is 6.20. The molecule has 6 heteroatoms. The number of hydrogen-bond acceptors (Lipinski definition) is 4. The molecule has 1 amide bonds. The summed E-state index contributed by atoms with van der Waals surface area (Å²) in [6, 6.07) is 2.50. The third-order valence-corrected chi connectivity index (χ3v) is 6.20. The number of H-pyrrole nitrogens is 1. The number of hydrogen-bond donors (Lipinski definition) is 1. The first-order valence-corrected chi connectivity index (χ1v) is 8.74. The van der Waals surface area contributed by atoms with Crippen LogP contribution in [0.15, 0.2) is 18.6 Å². The lowest BCUT2D eigenvalue weighted by atomic mass is 9.75. The fourth-order valence-electron chi connectivity index (χ4n) is 4.76. The lowest BCUT2D eigenvalue weighted by molar-refractivity contribution is -0.133. The number of nitrogens with one attached hydrogen (secondary N) is 1. The Kier molecular flexibility index (Phi) is 3.51. The van der Waals surface area contributed by atoms with Gasteiger partial charge in [0, 0.05) is 39.3 Å². The van der Waals surface area contributed by atoms with Crippen LogP contribution in [0.5, 0.6) is 0 Å². The first-order valence-electron chi connectivity index (χ1n) is 8.74. The molecular weight excluding hydrogens is 302 g/mol. The van der Waals surface area contributed by atoms with E-state index in [4.69, 9.17) is 0 Å². The predicted molar refractivity (Wildman–Crippen MR) is 93.8 cm³/mol. The summed E-state index contributed by atoms with van der Waals surface area (Å²) in [5, 5.41) is 1.07. The molecule has 2 aromatic rings. The molecule has 3 heterocycles. The van der Waals surface area contributed by atoms with Gasteiger partial charge in [0.25, 0.3) is 0 Å². The molecule has 1 unspecified atom stereocenters. The molecule has 0 aromatic carbocycles. The highest BCUT2D eigenvalue weighted by atomic mass is 16.2. The zero-order valence-corrected chi connectivity index (χ0v) is 14.6. The van der Waals surface area contributed by atoms with Crippen LogP contribution in [-0.4, -0.2) is 51.9 Å². The number of anilines is 1. The molecule has 1 aliphatic carbocycles. The van der Waals surface area contributed by atoms with Crippen LogP contribution >= 0.6 is 0 Å². The summed E-state index contributed by atoms with van der Waals surface area (Å²) < 4.78 is 0. The average Bonchev–Trinajstić information content (AvgIpc) is 3.16. The Morgan fingerprint density at radius 2 is 2.29 bits per heavy atom. The second-order valence-corrected chi connectivity index (χ2v) is 7.72. The first-order chi connectivity index (χ1) is 11.5. The number of nitrogens with zero attached hydrogens (tertiary/aromatic N) is 4. The van der Waals surface area contributed by atoms with Gasteiger partial charge in [-0.05, 0) is 36.7 Å². The van der Waals surface area contributed by atoms with Crippen molar-refractivity contribution in [3.8, 4) is 0 Å². The average molecular weight is 327 g/mol. The second-order valence-electron chi connectivity index (χ2n) is 7.72. The minimum absolute atomic E-state index is 0.205. The molecule has 6 nitrogen and oxygen atoms in total. The fourth-order valence-corrected chi connectivity index (χ4v) is 4.76. The number of amides is 1. The Bertz CT molecular complexity index is 772. The van der Waals surface area contributed by atoms with Crippen molar-refractivity contribution in [1.29, 1.82) is 0 Å². The van der Waals surface area contributed by atoms with E-state index in [1.54, 1.807) is 13.3 Å². The van der Waals surface area contributed by atoms with Gasteiger partial charge in [-0.1, -0.05) is 6.92 Å². The number of fused-ring (bicyclic) bond motifs is 2. The van der Waals surface area contributed by atoms with Crippen molar-refractivity contribution >= 4 is 22.8 Å². The summed E-state index contributed by atoms with van der Waals surface area (Å²) in [5.74, 6) is 1.89. The molecule has 24 heavy (non-hydrogen) atoms. The minimum Gasteiger partial charge on any atom is -0.356 e. The van der Waals surface area contributed by atoms with E-state index < -0.39 is 0 Å². The maximum Gasteiger partial charge on any atom is 0.219 e. The van der Waals surface area contributed by atoms with E-state index >= 15 is 0 Å². The number of aromatic nitrogens is 3. The van der Waals surface area contributed by atoms with Gasteiger partial charge in [-0.25, -0.2) is 9.97 Å². The van der Waals surface area contributed by atoms with Gasteiger partial charge in [0.2, 0.25) is 5.91 Å². The maximum absolute atomic E-state index is 11.8. The molecular formula is C18H25N5O. The van der Waals surface area contributed by atoms with Gasteiger partial charge in [0.15, 0.2) is 0 Å². The van der Waals surface area contributed by atoms with E-state index in [-0.39, 0.29) is 11.3 Å². The Balaban J connectivity index is 1.58. The standard InChI is InChI=1S/C18H25N5O/c1-12(24)23-7-5-13-8-14(9-18(13,2)10-23)22(3)17-15-4-6-19-16(15)20-11-21-17/h4,6,11,13-14H,5,7-10H2,1-3H3,(H,19,20,21)/t13-,14?,18-/m0/s1. The maximum atomic E-state index is 11.8. The van der Waals surface area contributed by atoms with E-state index in [1.807, 2.05) is 17.2 Å². The molecule has 1 N–H and O–H groups in total. The van der Waals surface area contributed by atoms with Gasteiger partial charge in [-0.3, -0.25) is 4.79 Å². The van der Waals surface area contributed by atoms with Crippen LogP contribution in [0.25, 0.3) is 11.0 Å². The number of piperidine rings is 1. The number of carbonyl (C=O) groups excluding carboxylic acids is 1. The zero-order valence-electron chi connectivity index (χ0n) is 14.6. The van der Waals surface area contributed by atoms with Crippen LogP contribution in [0.2, 0.25) is 0 Å². The van der Waals surface area contributed by atoms with Crippen LogP contribution in [0.3, 0.4) is 0 Å². The normalized spacial score (nSPS) is 29.7. The van der Waals surface area contributed by atoms with Gasteiger partial charge >= 0.3 is 0 Å². The number of aromatic amines is 1. The molecule has 0 radical (unpaired) electrons. The molecule has 2 aliphatic rings. The van der Waals surface area contributed by atoms with Gasteiger partial charge in [-0.15, -0.1) is 0 Å². The second kappa shape index (κ2) is 5.46. The SMILES string of the molecule is CC(=O)N1CC[C@H]2CC(N(C)c3ncnc4[nH]ccc34)C[C@@]2(C)C1. The Morgan fingerprint density at radius 1 is 1.46 bits per heavy atom. The van der Waals surface area contributed by atoms with Crippen molar-refractivity contribution in [1.82, 2.24) is 19.9 Å². The van der Waals surface area contributed by atoms with Crippen molar-refractivity contribution < 1.29 is 4.79 Å². The Hall–Kier alpha value is -2.11. The van der Waals surface area contributed by atoms with E-state index in [9.17, 15) is 4.79 Å². The van der Waals surface area contributed by atoms with Crippen LogP contribution in [0, 0.1) is 11.3 Å². The van der Waals surface area contributed by atoms with Crippen molar-refractivity contribution in [2.75, 3.05) is 25.0 Å². The molecule has 3 atom stereocenters. The van der Waals surface area contributed by atoms with Gasteiger partial charge in [0.05, 0.1) is 5.39 Å². The van der Waals surface area contributed by atoms with Crippen LogP contribution in [0.4, 0.5) is 5.82 Å². The van der Waals surface area contributed by atoms with Crippen molar-refractivity contribution in [3.63, 3.8) is 0 Å². The molecule has 2 aromatic heterocycles. The van der Waals surface area contributed by atoms with Crippen molar-refractivity contribution in [2.45, 2.75) is 39.2 Å². The summed E-state index contributed by atoms with van der Waals surface area (Å²) >= 11 is 0. The summed E-state index contributed by atoms with van der Waals surface area (Å²) in [6.45, 7) is 5.83. The van der Waals surface area contributed by atoms with Crippen molar-refractivity contribution in [3.05, 3.63) is 18.6 Å². The van der Waals surface area contributed by atoms with Crippen LogP contribution < -0.4 is 4.90 Å². The summed E-state index contributed by atoms with van der Waals surface area (Å²) in [7, 11) is 2.14. The lowest BCUT2D eigenvalue weighted by Gasteiger charge is -2.42. The molecule has 4 rings (SSSR count). The molecule has 128 valence electrons. The van der Waals surface area contributed by atoms with E-state index in [1.165, 1.54) is 6.42 Å². The highest BCUT2D eigenvalue weighted by Crippen LogP contribution is 2.50. The fraction of sp³-hybridized carbons (Fsp3) is 0.611. The lowest BCUT2D eigenvalue weighted by Crippen LogP contribution is -2.46. The minimum atomic E-state index is 0.205. The summed E-state index contributed by atoms with van der Waals surface area (Å²) in [4.78, 5) is 28.1. The molecule has 1 aliphatic heterocycles. The highest BCUT2D eigenvalue weighted by Gasteiger charge is 2.48. The predicted octanol–water partition coefficient (Wildman–Crippen LogP) is 2.43. The number of carbonyl (C=O) groups is 1. The zero-order chi connectivity index (χ0) is 16.9. The number of likely N-dealkylation sites (tertiary alicyclic amines) is 1. The molecule has 0 bridgehead atoms.